The number of amides is 1. The summed E-state index contributed by atoms with van der Waals surface area (Å²) >= 11 is 0. The molecule has 0 aliphatic carbocycles. The van der Waals surface area contributed by atoms with Crippen LogP contribution in [0.1, 0.15) is 38.3 Å². The molecule has 2 N–H and O–H groups in total. The van der Waals surface area contributed by atoms with E-state index in [0.717, 1.165) is 12.7 Å². The van der Waals surface area contributed by atoms with Crippen molar-refractivity contribution >= 4 is 15.9 Å². The molecule has 0 aliphatic heterocycles. The summed E-state index contributed by atoms with van der Waals surface area (Å²) in [7, 11) is -1.87. The quantitative estimate of drug-likeness (QED) is 0.759. The Balaban J connectivity index is 2.90. The zero-order chi connectivity index (χ0) is 16.8. The van der Waals surface area contributed by atoms with Crippen molar-refractivity contribution in [3.8, 4) is 5.75 Å². The second kappa shape index (κ2) is 8.14. The van der Waals surface area contributed by atoms with Gasteiger partial charge in [-0.2, -0.15) is 0 Å². The Labute approximate surface area is 132 Å². The number of carbonyl (C=O) groups is 1. The number of hydrogen-bond acceptors (Lipinski definition) is 4. The molecule has 0 bridgehead atoms. The van der Waals surface area contributed by atoms with E-state index in [0.29, 0.717) is 11.3 Å². The van der Waals surface area contributed by atoms with Gasteiger partial charge >= 0.3 is 0 Å². The van der Waals surface area contributed by atoms with Crippen LogP contribution < -0.4 is 14.8 Å². The molecule has 0 spiro atoms. The second-order valence-corrected chi connectivity index (χ2v) is 7.08. The zero-order valence-corrected chi connectivity index (χ0v) is 14.2. The van der Waals surface area contributed by atoms with Gasteiger partial charge in [-0.15, -0.1) is 0 Å². The van der Waals surface area contributed by atoms with Gasteiger partial charge in [0, 0.05) is 12.5 Å². The van der Waals surface area contributed by atoms with Crippen molar-refractivity contribution in [1.82, 2.24) is 10.0 Å². The molecule has 0 fully saturated rings. The van der Waals surface area contributed by atoms with Gasteiger partial charge in [0.15, 0.2) is 0 Å². The number of carbonyl (C=O) groups excluding carboxylic acids is 1. The van der Waals surface area contributed by atoms with E-state index in [1.54, 1.807) is 31.4 Å². The molecule has 0 heterocycles. The largest absolute Gasteiger partial charge is 0.497 e. The molecule has 0 radical (unpaired) electrons. The summed E-state index contributed by atoms with van der Waals surface area (Å²) in [6.45, 7) is 3.88. The van der Waals surface area contributed by atoms with Crippen LogP contribution in [0.4, 0.5) is 0 Å². The third-order valence-electron chi connectivity index (χ3n) is 3.28. The van der Waals surface area contributed by atoms with Gasteiger partial charge in [0.2, 0.25) is 15.9 Å². The number of sulfonamides is 1. The lowest BCUT2D eigenvalue weighted by atomic mass is 10.0. The molecule has 6 nitrogen and oxygen atoms in total. The topological polar surface area (TPSA) is 84.5 Å². The van der Waals surface area contributed by atoms with Crippen molar-refractivity contribution in [3.63, 3.8) is 0 Å². The number of ether oxygens (including phenoxy) is 1. The second-order valence-electron chi connectivity index (χ2n) is 5.30. The smallest absolute Gasteiger partial charge is 0.222 e. The minimum Gasteiger partial charge on any atom is -0.497 e. The first-order valence-corrected chi connectivity index (χ1v) is 9.05. The standard InChI is InChI=1S/C15H24N2O4S/c1-5-11(2)16-15(18)10-14(17-22(4,19)20)12-6-8-13(21-3)9-7-12/h6-9,11,14,17H,5,10H2,1-4H3,(H,16,18)/t11-,14+/m1/s1. The van der Waals surface area contributed by atoms with Gasteiger partial charge in [-0.25, -0.2) is 13.1 Å². The van der Waals surface area contributed by atoms with Crippen molar-refractivity contribution < 1.29 is 17.9 Å². The molecule has 124 valence electrons. The minimum atomic E-state index is -3.43. The maximum atomic E-state index is 12.0. The molecule has 0 saturated heterocycles. The van der Waals surface area contributed by atoms with E-state index in [4.69, 9.17) is 4.74 Å². The summed E-state index contributed by atoms with van der Waals surface area (Å²) < 4.78 is 30.6. The van der Waals surface area contributed by atoms with Gasteiger partial charge in [0.1, 0.15) is 5.75 Å². The molecule has 2 atom stereocenters. The Bertz CT molecular complexity index is 584. The number of methoxy groups -OCH3 is 1. The maximum absolute atomic E-state index is 12.0. The van der Waals surface area contributed by atoms with Crippen molar-refractivity contribution in [2.45, 2.75) is 38.8 Å². The third kappa shape index (κ3) is 6.44. The molecule has 0 unspecified atom stereocenters. The first-order chi connectivity index (χ1) is 10.2. The first-order valence-electron chi connectivity index (χ1n) is 7.15. The van der Waals surface area contributed by atoms with Crippen LogP contribution in [0, 0.1) is 0 Å². The van der Waals surface area contributed by atoms with Gasteiger partial charge in [0.05, 0.1) is 19.4 Å². The van der Waals surface area contributed by atoms with Crippen LogP contribution in [-0.2, 0) is 14.8 Å². The Morgan fingerprint density at radius 3 is 2.32 bits per heavy atom. The minimum absolute atomic E-state index is 0.0454. The van der Waals surface area contributed by atoms with Gasteiger partial charge in [-0.1, -0.05) is 19.1 Å². The molecule has 1 rings (SSSR count). The molecule has 7 heteroatoms. The number of nitrogens with one attached hydrogen (secondary N) is 2. The fourth-order valence-corrected chi connectivity index (χ4v) is 2.68. The molecule has 1 aromatic carbocycles. The highest BCUT2D eigenvalue weighted by Gasteiger charge is 2.20. The average Bonchev–Trinajstić information content (AvgIpc) is 2.45. The van der Waals surface area contributed by atoms with E-state index in [2.05, 4.69) is 10.0 Å². The zero-order valence-electron chi connectivity index (χ0n) is 13.4. The lowest BCUT2D eigenvalue weighted by molar-refractivity contribution is -0.122. The average molecular weight is 328 g/mol. The Hall–Kier alpha value is -1.60. The Kier molecular flexibility index (Phi) is 6.83. The number of benzene rings is 1. The summed E-state index contributed by atoms with van der Waals surface area (Å²) in [5.41, 5.74) is 0.713. The number of hydrogen-bond donors (Lipinski definition) is 2. The summed E-state index contributed by atoms with van der Waals surface area (Å²) in [5, 5.41) is 2.84. The third-order valence-corrected chi connectivity index (χ3v) is 4.00. The molecule has 1 aromatic rings. The van der Waals surface area contributed by atoms with E-state index >= 15 is 0 Å². The first kappa shape index (κ1) is 18.4. The van der Waals surface area contributed by atoms with Gasteiger partial charge in [-0.05, 0) is 31.0 Å². The fourth-order valence-electron chi connectivity index (χ4n) is 1.94. The Morgan fingerprint density at radius 2 is 1.86 bits per heavy atom. The lowest BCUT2D eigenvalue weighted by Gasteiger charge is -2.19. The molecule has 0 aliphatic rings. The van der Waals surface area contributed by atoms with Gasteiger partial charge < -0.3 is 10.1 Å². The monoisotopic (exact) mass is 328 g/mol. The van der Waals surface area contributed by atoms with Crippen LogP contribution in [0.15, 0.2) is 24.3 Å². The maximum Gasteiger partial charge on any atom is 0.222 e. The van der Waals surface area contributed by atoms with Crippen molar-refractivity contribution in [3.05, 3.63) is 29.8 Å². The van der Waals surface area contributed by atoms with E-state index in [-0.39, 0.29) is 18.4 Å². The summed E-state index contributed by atoms with van der Waals surface area (Å²) in [4.78, 5) is 12.0. The molecule has 22 heavy (non-hydrogen) atoms. The van der Waals surface area contributed by atoms with Crippen LogP contribution in [-0.4, -0.2) is 33.7 Å². The van der Waals surface area contributed by atoms with Gasteiger partial charge in [-0.3, -0.25) is 4.79 Å². The van der Waals surface area contributed by atoms with Crippen molar-refractivity contribution in [2.24, 2.45) is 0 Å². The number of rotatable bonds is 8. The predicted octanol–water partition coefficient (Wildman–Crippen LogP) is 1.59. The van der Waals surface area contributed by atoms with E-state index in [1.807, 2.05) is 13.8 Å². The Morgan fingerprint density at radius 1 is 1.27 bits per heavy atom. The molecule has 0 aromatic heterocycles. The van der Waals surface area contributed by atoms with Crippen LogP contribution >= 0.6 is 0 Å². The highest BCUT2D eigenvalue weighted by Crippen LogP contribution is 2.21. The van der Waals surface area contributed by atoms with E-state index in [9.17, 15) is 13.2 Å². The molecular weight excluding hydrogens is 304 g/mol. The SMILES string of the molecule is CC[C@@H](C)NC(=O)C[C@H](NS(C)(=O)=O)c1ccc(OC)cc1. The fraction of sp³-hybridized carbons (Fsp3) is 0.533. The summed E-state index contributed by atoms with van der Waals surface area (Å²) in [6.07, 6.45) is 1.94. The molecular formula is C15H24N2O4S. The van der Waals surface area contributed by atoms with Gasteiger partial charge in [0.25, 0.3) is 0 Å². The van der Waals surface area contributed by atoms with Crippen LogP contribution in [0.2, 0.25) is 0 Å². The van der Waals surface area contributed by atoms with Crippen LogP contribution in [0.3, 0.4) is 0 Å². The highest BCUT2D eigenvalue weighted by atomic mass is 32.2. The highest BCUT2D eigenvalue weighted by molar-refractivity contribution is 7.88. The van der Waals surface area contributed by atoms with Crippen LogP contribution in [0.25, 0.3) is 0 Å². The predicted molar refractivity (Wildman–Crippen MR) is 86.2 cm³/mol. The summed E-state index contributed by atoms with van der Waals surface area (Å²) in [6, 6.07) is 6.42. The van der Waals surface area contributed by atoms with Crippen molar-refractivity contribution in [2.75, 3.05) is 13.4 Å². The lowest BCUT2D eigenvalue weighted by Crippen LogP contribution is -2.36. The molecule has 0 saturated carbocycles. The normalized spacial score (nSPS) is 14.2. The van der Waals surface area contributed by atoms with Crippen molar-refractivity contribution in [1.29, 1.82) is 0 Å². The van der Waals surface area contributed by atoms with E-state index < -0.39 is 16.1 Å². The molecule has 1 amide bonds. The van der Waals surface area contributed by atoms with Crippen LogP contribution in [0.5, 0.6) is 5.75 Å². The van der Waals surface area contributed by atoms with E-state index in [1.165, 1.54) is 0 Å². The summed E-state index contributed by atoms with van der Waals surface area (Å²) in [5.74, 6) is 0.484.